The van der Waals surface area contributed by atoms with Gasteiger partial charge in [0, 0.05) is 39.7 Å². The van der Waals surface area contributed by atoms with E-state index in [2.05, 4.69) is 269 Å². The molecule has 0 saturated carbocycles. The summed E-state index contributed by atoms with van der Waals surface area (Å²) in [6.45, 7) is 44.6. The largest absolute Gasteiger partial charge is 0.376 e. The number of thiophene rings is 6. The minimum atomic E-state index is -2.25. The Bertz CT molecular complexity index is 4680. The van der Waals surface area contributed by atoms with Gasteiger partial charge in [0.2, 0.25) is 0 Å². The van der Waals surface area contributed by atoms with Crippen LogP contribution in [-0.2, 0) is 24.0 Å². The van der Waals surface area contributed by atoms with Crippen molar-refractivity contribution >= 4 is 121 Å². The highest BCUT2D eigenvalue weighted by molar-refractivity contribution is 7.40. The van der Waals surface area contributed by atoms with Crippen LogP contribution in [0.15, 0.2) is 121 Å². The summed E-state index contributed by atoms with van der Waals surface area (Å²) in [6.07, 6.45) is 73.2. The highest BCUT2D eigenvalue weighted by Gasteiger charge is 2.51. The zero-order valence-electron chi connectivity index (χ0n) is 90.1. The number of rotatable bonds is 74. The smallest absolute Gasteiger partial charge is 0.143 e. The molecule has 0 amide bonds. The summed E-state index contributed by atoms with van der Waals surface area (Å²) in [7, 11) is -4.22. The maximum absolute atomic E-state index is 16.5. The number of unbranched alkanes of at least 4 members (excludes halogenated alkanes) is 44. The van der Waals surface area contributed by atoms with Crippen LogP contribution in [0.5, 0.6) is 0 Å². The van der Waals surface area contributed by atoms with Crippen LogP contribution >= 0.6 is 68.0 Å². The molecule has 6 heterocycles. The fraction of sp³-hybridized carbons (Fsp3) is 0.667. The first-order valence-electron chi connectivity index (χ1n) is 57.6. The van der Waals surface area contributed by atoms with E-state index in [1.807, 2.05) is 45.3 Å². The molecule has 6 aromatic heterocycles. The third kappa shape index (κ3) is 30.2. The van der Waals surface area contributed by atoms with Gasteiger partial charge in [0.25, 0.3) is 0 Å². The van der Waals surface area contributed by atoms with Gasteiger partial charge in [0.05, 0.1) is 19.2 Å². The van der Waals surface area contributed by atoms with Crippen molar-refractivity contribution in [3.8, 4) is 19.5 Å². The van der Waals surface area contributed by atoms with Crippen LogP contribution in [0.25, 0.3) is 47.7 Å². The summed E-state index contributed by atoms with van der Waals surface area (Å²) in [6, 6.07) is 48.4. The van der Waals surface area contributed by atoms with E-state index in [0.717, 1.165) is 89.4 Å². The van der Waals surface area contributed by atoms with Gasteiger partial charge >= 0.3 is 0 Å². The molecule has 0 aliphatic heterocycles. The van der Waals surface area contributed by atoms with Crippen molar-refractivity contribution in [1.29, 1.82) is 0 Å². The van der Waals surface area contributed by atoms with Gasteiger partial charge in [-0.15, -0.1) is 68.0 Å². The lowest BCUT2D eigenvalue weighted by atomic mass is 9.71. The van der Waals surface area contributed by atoms with Crippen LogP contribution in [0.1, 0.15) is 539 Å². The zero-order valence-corrected chi connectivity index (χ0v) is 97.0. The van der Waals surface area contributed by atoms with Crippen LogP contribution in [0.3, 0.4) is 0 Å². The lowest BCUT2D eigenvalue weighted by molar-refractivity contribution is 0.125. The van der Waals surface area contributed by atoms with E-state index in [-0.39, 0.29) is 11.8 Å². The second-order valence-corrected chi connectivity index (χ2v) is 63.4. The zero-order chi connectivity index (χ0) is 97.3. The summed E-state index contributed by atoms with van der Waals surface area (Å²) in [5, 5.41) is 32.0. The standard InChI is InChI=1S/C126H196O2S6Si2/c1-19-25-29-33-37-41-45-47-49-51-53-57-61-65-75-101-83-87-105(88-84-101)125(127,106-89-85-102(86-90-106)76-66-62-58-54-52-50-48-46-42-38-34-30-26-20-2)119-121(113-91-111-112(129-113)93-117(130-111)135(95(7)8,96(9)10)97(11)12)131-114-92-115(132-122(114)119)123-120(124-116(133-123)94-118(134-124)136(98(13)14,99(15)16)100(17)18)126(128,109-81-71-69-79-107(109)103(73-23-5)77-67-63-59-55-43-39-35-31-27-21-3)110-82-72-70-80-108(110)104(74-24-6)78-68-64-60-56-44-40-36-32-28-22-4/h69-72,79-100,103-104,127-128H,19-68,73-78H2,1-18H3. The Labute approximate surface area is 861 Å². The van der Waals surface area contributed by atoms with E-state index in [9.17, 15) is 0 Å². The average Bonchev–Trinajstić information content (AvgIpc) is 1.53. The second-order valence-electron chi connectivity index (χ2n) is 44.6. The van der Waals surface area contributed by atoms with Gasteiger partial charge in [-0.25, -0.2) is 0 Å². The second kappa shape index (κ2) is 60.2. The van der Waals surface area contributed by atoms with E-state index in [1.165, 1.54) is 373 Å². The normalized spacial score (nSPS) is 13.6. The summed E-state index contributed by atoms with van der Waals surface area (Å²) in [5.41, 5.74) is 11.9. The number of hydrogen-bond donors (Lipinski definition) is 2. The molecule has 10 aromatic rings. The van der Waals surface area contributed by atoms with Crippen molar-refractivity contribution in [2.75, 3.05) is 0 Å². The van der Waals surface area contributed by atoms with Gasteiger partial charge in [-0.1, -0.05) is 530 Å². The Morgan fingerprint density at radius 2 is 0.522 bits per heavy atom. The highest BCUT2D eigenvalue weighted by Crippen LogP contribution is 2.61. The van der Waals surface area contributed by atoms with Crippen molar-refractivity contribution < 1.29 is 10.2 Å². The molecule has 0 aliphatic carbocycles. The SMILES string of the molecule is CCCCCCCCCCCCCCCCc1ccc(C(O)(c2ccc(CCCCCCCCCCCCCCCC)cc2)c2c(-c3cc4sc([Si](C(C)C)(C(C)C)C(C)C)cc4s3)sc3cc(-c4sc5cc([Si](C(C)C)(C(C)C)C(C)C)sc5c4C(O)(c4ccccc4C(CCC)CCCCCCCCCCCC)c4ccccc4C(CCC)CCCCCCCCCCCC)sc23)cc1. The van der Waals surface area contributed by atoms with E-state index in [0.29, 0.717) is 33.2 Å². The molecule has 4 aromatic carbocycles. The molecule has 0 fully saturated rings. The molecule has 10 heteroatoms. The topological polar surface area (TPSA) is 40.5 Å². The molecule has 2 unspecified atom stereocenters. The molecule has 10 rings (SSSR count). The van der Waals surface area contributed by atoms with E-state index in [4.69, 9.17) is 0 Å². The lowest BCUT2D eigenvalue weighted by Gasteiger charge is -2.42. The Balaban J connectivity index is 1.17. The molecule has 0 aliphatic rings. The number of aryl methyl sites for hydroxylation is 2. The third-order valence-electron chi connectivity index (χ3n) is 32.7. The first-order chi connectivity index (χ1) is 66.1. The van der Waals surface area contributed by atoms with E-state index >= 15 is 10.2 Å². The Morgan fingerprint density at radius 1 is 0.250 bits per heavy atom. The van der Waals surface area contributed by atoms with Gasteiger partial charge in [-0.2, -0.15) is 0 Å². The first-order valence-corrected chi connectivity index (χ1v) is 66.9. The van der Waals surface area contributed by atoms with Crippen molar-refractivity contribution in [1.82, 2.24) is 0 Å². The molecule has 2 atom stereocenters. The van der Waals surface area contributed by atoms with Crippen LogP contribution in [0.4, 0.5) is 0 Å². The Morgan fingerprint density at radius 3 is 0.853 bits per heavy atom. The molecule has 756 valence electrons. The number of fused-ring (bicyclic) bond motifs is 3. The molecular weight excluding hydrogens is 1790 g/mol. The number of benzene rings is 4. The van der Waals surface area contributed by atoms with Crippen LogP contribution in [-0.4, -0.2) is 26.4 Å². The molecule has 0 bridgehead atoms. The predicted octanol–water partition coefficient (Wildman–Crippen LogP) is 43.6. The summed E-state index contributed by atoms with van der Waals surface area (Å²) in [4.78, 5) is 4.83. The van der Waals surface area contributed by atoms with Crippen molar-refractivity contribution in [3.63, 3.8) is 0 Å². The van der Waals surface area contributed by atoms with Crippen molar-refractivity contribution in [2.24, 2.45) is 0 Å². The minimum Gasteiger partial charge on any atom is -0.376 e. The third-order valence-corrected chi connectivity index (χ3v) is 56.1. The first kappa shape index (κ1) is 114. The number of aliphatic hydroxyl groups is 2. The summed E-state index contributed by atoms with van der Waals surface area (Å²) in [5.74, 6) is 0.579. The maximum atomic E-state index is 16.5. The molecule has 2 nitrogen and oxygen atoms in total. The Kier molecular flexibility index (Phi) is 50.5. The van der Waals surface area contributed by atoms with Gasteiger partial charge in [0.15, 0.2) is 0 Å². The van der Waals surface area contributed by atoms with E-state index < -0.39 is 27.3 Å². The summed E-state index contributed by atoms with van der Waals surface area (Å²) < 4.78 is 11.0. The highest BCUT2D eigenvalue weighted by atomic mass is 32.1. The maximum Gasteiger partial charge on any atom is 0.143 e. The van der Waals surface area contributed by atoms with Crippen molar-refractivity contribution in [3.05, 3.63) is 177 Å². The molecule has 0 spiro atoms. The molecule has 2 N–H and O–H groups in total. The predicted molar refractivity (Wildman–Crippen MR) is 625 cm³/mol. The number of hydrogen-bond acceptors (Lipinski definition) is 8. The van der Waals surface area contributed by atoms with Crippen molar-refractivity contribution in [2.45, 2.75) is 540 Å². The fourth-order valence-corrected chi connectivity index (χ4v) is 51.7. The molecule has 136 heavy (non-hydrogen) atoms. The quantitative estimate of drug-likeness (QED) is 0.0295. The molecule has 0 saturated heterocycles. The van der Waals surface area contributed by atoms with E-state index in [1.54, 1.807) is 9.00 Å². The monoisotopic (exact) mass is 1990 g/mol. The summed E-state index contributed by atoms with van der Waals surface area (Å²) >= 11 is 12.0. The molecule has 0 radical (unpaired) electrons. The minimum absolute atomic E-state index is 0.290. The van der Waals surface area contributed by atoms with Crippen LogP contribution in [0.2, 0.25) is 33.2 Å². The van der Waals surface area contributed by atoms with Gasteiger partial charge < -0.3 is 10.2 Å². The average molecular weight is 1990 g/mol. The van der Waals surface area contributed by atoms with Gasteiger partial charge in [-0.3, -0.25) is 0 Å². The van der Waals surface area contributed by atoms with Crippen LogP contribution in [0, 0.1) is 0 Å². The van der Waals surface area contributed by atoms with Crippen LogP contribution < -0.4 is 9.00 Å². The molecular formula is C126H196O2S6Si2. The Hall–Kier alpha value is -3.79. The van der Waals surface area contributed by atoms with Gasteiger partial charge in [-0.05, 0) is 174 Å². The van der Waals surface area contributed by atoms with Gasteiger partial charge in [0.1, 0.15) is 27.3 Å². The fourth-order valence-electron chi connectivity index (χ4n) is 25.4. The lowest BCUT2D eigenvalue weighted by Crippen LogP contribution is -2.54.